The highest BCUT2D eigenvalue weighted by molar-refractivity contribution is 5.81. The van der Waals surface area contributed by atoms with E-state index in [1.807, 2.05) is 0 Å². The molecule has 2 aromatic heterocycles. The molecule has 1 aromatic carbocycles. The van der Waals surface area contributed by atoms with Gasteiger partial charge in [-0.1, -0.05) is 51.5 Å². The average Bonchev–Trinajstić information content (AvgIpc) is 3.44. The SMILES string of the molecule is CC(C)N(CCCCCC(=O)Cc1ccc(C(C)(C)C)cc1)C[C@H]1O[C@@H](n2cnc3c(N)ncnc32)[C@H](O)[C@@H]1O. The van der Waals surface area contributed by atoms with Crippen LogP contribution in [-0.4, -0.2) is 77.9 Å². The van der Waals surface area contributed by atoms with E-state index in [9.17, 15) is 15.0 Å². The second-order valence-corrected chi connectivity index (χ2v) is 12.2. The standard InChI is InChI=1S/C30H44N6O4/c1-19(2)35(14-8-6-7-9-22(37)15-20-10-12-21(13-11-20)30(3,4)5)16-23-25(38)26(39)29(40-23)36-18-34-24-27(31)32-17-33-28(24)36/h10-13,17-19,23,25-26,29,38-39H,6-9,14-16H2,1-5H3,(H2,31,32,33)/t23-,25-,26-,29-/m1/s1. The van der Waals surface area contributed by atoms with Crippen LogP contribution in [0.5, 0.6) is 0 Å². The number of ketones is 1. The number of hydrogen-bond donors (Lipinski definition) is 3. The fourth-order valence-electron chi connectivity index (χ4n) is 5.21. The molecule has 4 atom stereocenters. The monoisotopic (exact) mass is 552 g/mol. The predicted molar refractivity (Wildman–Crippen MR) is 155 cm³/mol. The van der Waals surface area contributed by atoms with Gasteiger partial charge in [-0.3, -0.25) is 14.3 Å². The van der Waals surface area contributed by atoms with Crippen molar-refractivity contribution in [3.63, 3.8) is 0 Å². The van der Waals surface area contributed by atoms with Crippen molar-refractivity contribution in [2.24, 2.45) is 0 Å². The van der Waals surface area contributed by atoms with Crippen LogP contribution in [0.25, 0.3) is 11.2 Å². The first-order chi connectivity index (χ1) is 19.0. The second kappa shape index (κ2) is 12.7. The Balaban J connectivity index is 1.23. The number of aliphatic hydroxyl groups is 2. The lowest BCUT2D eigenvalue weighted by Gasteiger charge is -2.30. The predicted octanol–water partition coefficient (Wildman–Crippen LogP) is 3.41. The summed E-state index contributed by atoms with van der Waals surface area (Å²) >= 11 is 0. The molecule has 1 saturated heterocycles. The summed E-state index contributed by atoms with van der Waals surface area (Å²) in [6, 6.07) is 8.61. The average molecular weight is 553 g/mol. The number of aromatic nitrogens is 4. The number of carbonyl (C=O) groups excluding carboxylic acids is 1. The zero-order valence-corrected chi connectivity index (χ0v) is 24.3. The Hall–Kier alpha value is -2.92. The van der Waals surface area contributed by atoms with Crippen LogP contribution in [0.1, 0.15) is 77.7 Å². The highest BCUT2D eigenvalue weighted by atomic mass is 16.6. The first kappa shape index (κ1) is 30.0. The van der Waals surface area contributed by atoms with Crippen molar-refractivity contribution in [2.75, 3.05) is 18.8 Å². The minimum atomic E-state index is -1.14. The van der Waals surface area contributed by atoms with Crippen molar-refractivity contribution < 1.29 is 19.7 Å². The summed E-state index contributed by atoms with van der Waals surface area (Å²) < 4.78 is 7.73. The Labute approximate surface area is 236 Å². The normalized spacial score (nSPS) is 21.6. The molecule has 0 bridgehead atoms. The third-order valence-corrected chi connectivity index (χ3v) is 7.77. The van der Waals surface area contributed by atoms with Gasteiger partial charge in [-0.15, -0.1) is 0 Å². The molecule has 3 heterocycles. The van der Waals surface area contributed by atoms with E-state index in [4.69, 9.17) is 10.5 Å². The summed E-state index contributed by atoms with van der Waals surface area (Å²) in [6.45, 7) is 12.1. The van der Waals surface area contributed by atoms with Crippen LogP contribution in [-0.2, 0) is 21.4 Å². The molecule has 0 aliphatic carbocycles. The number of fused-ring (bicyclic) bond motifs is 1. The summed E-state index contributed by atoms with van der Waals surface area (Å²) in [5.41, 5.74) is 9.21. The van der Waals surface area contributed by atoms with Gasteiger partial charge < -0.3 is 20.7 Å². The van der Waals surface area contributed by atoms with Gasteiger partial charge in [0, 0.05) is 25.4 Å². The number of carbonyl (C=O) groups is 1. The van der Waals surface area contributed by atoms with Crippen molar-refractivity contribution in [1.82, 2.24) is 24.4 Å². The first-order valence-corrected chi connectivity index (χ1v) is 14.3. The lowest BCUT2D eigenvalue weighted by molar-refractivity contribution is -0.118. The van der Waals surface area contributed by atoms with E-state index < -0.39 is 24.5 Å². The third-order valence-electron chi connectivity index (χ3n) is 7.77. The molecule has 1 aliphatic heterocycles. The van der Waals surface area contributed by atoms with Crippen LogP contribution in [0, 0.1) is 0 Å². The van der Waals surface area contributed by atoms with Crippen molar-refractivity contribution in [1.29, 1.82) is 0 Å². The fourth-order valence-corrected chi connectivity index (χ4v) is 5.21. The maximum Gasteiger partial charge on any atom is 0.167 e. The molecule has 218 valence electrons. The third kappa shape index (κ3) is 7.04. The van der Waals surface area contributed by atoms with Crippen LogP contribution < -0.4 is 5.73 Å². The number of benzene rings is 1. The number of nitrogens with two attached hydrogens (primary N) is 1. The molecule has 1 aliphatic rings. The molecule has 0 radical (unpaired) electrons. The van der Waals surface area contributed by atoms with E-state index in [0.717, 1.165) is 31.4 Å². The summed E-state index contributed by atoms with van der Waals surface area (Å²) in [6.07, 6.45) is 3.03. The maximum absolute atomic E-state index is 12.5. The van der Waals surface area contributed by atoms with E-state index >= 15 is 0 Å². The molecule has 10 heteroatoms. The topological polar surface area (TPSA) is 140 Å². The maximum atomic E-state index is 12.5. The number of rotatable bonds is 12. The van der Waals surface area contributed by atoms with Gasteiger partial charge in [-0.2, -0.15) is 0 Å². The quantitative estimate of drug-likeness (QED) is 0.288. The minimum absolute atomic E-state index is 0.106. The molecular formula is C30H44N6O4. The largest absolute Gasteiger partial charge is 0.387 e. The van der Waals surface area contributed by atoms with Crippen LogP contribution in [0.2, 0.25) is 0 Å². The number of unbranched alkanes of at least 4 members (excludes halogenated alkanes) is 2. The molecule has 0 unspecified atom stereocenters. The molecular weight excluding hydrogens is 508 g/mol. The van der Waals surface area contributed by atoms with Gasteiger partial charge in [0.1, 0.15) is 35.9 Å². The molecule has 10 nitrogen and oxygen atoms in total. The van der Waals surface area contributed by atoms with E-state index in [0.29, 0.717) is 30.6 Å². The van der Waals surface area contributed by atoms with Gasteiger partial charge in [0.05, 0.1) is 6.33 Å². The van der Waals surface area contributed by atoms with E-state index in [-0.39, 0.29) is 23.1 Å². The zero-order chi connectivity index (χ0) is 29.0. The van der Waals surface area contributed by atoms with Crippen molar-refractivity contribution in [2.45, 2.75) is 103 Å². The lowest BCUT2D eigenvalue weighted by atomic mass is 9.86. The smallest absolute Gasteiger partial charge is 0.167 e. The van der Waals surface area contributed by atoms with Gasteiger partial charge in [-0.25, -0.2) is 15.0 Å². The van der Waals surface area contributed by atoms with E-state index in [1.165, 1.54) is 18.2 Å². The number of aliphatic hydroxyl groups excluding tert-OH is 2. The number of imidazole rings is 1. The highest BCUT2D eigenvalue weighted by Crippen LogP contribution is 2.32. The van der Waals surface area contributed by atoms with Crippen LogP contribution >= 0.6 is 0 Å². The number of anilines is 1. The summed E-state index contributed by atoms with van der Waals surface area (Å²) in [5, 5.41) is 21.6. The summed E-state index contributed by atoms with van der Waals surface area (Å²) in [7, 11) is 0. The second-order valence-electron chi connectivity index (χ2n) is 12.2. The highest BCUT2D eigenvalue weighted by Gasteiger charge is 2.45. The van der Waals surface area contributed by atoms with E-state index in [1.54, 1.807) is 4.57 Å². The van der Waals surface area contributed by atoms with Gasteiger partial charge in [0.15, 0.2) is 17.7 Å². The van der Waals surface area contributed by atoms with E-state index in [2.05, 4.69) is 78.7 Å². The minimum Gasteiger partial charge on any atom is -0.387 e. The first-order valence-electron chi connectivity index (χ1n) is 14.3. The van der Waals surface area contributed by atoms with Gasteiger partial charge in [0.2, 0.25) is 0 Å². The Morgan fingerprint density at radius 2 is 1.80 bits per heavy atom. The van der Waals surface area contributed by atoms with Crippen LogP contribution in [0.15, 0.2) is 36.9 Å². The Morgan fingerprint density at radius 1 is 1.07 bits per heavy atom. The molecule has 0 saturated carbocycles. The number of nitrogens with zero attached hydrogens (tertiary/aromatic N) is 5. The molecule has 0 spiro atoms. The van der Waals surface area contributed by atoms with Crippen molar-refractivity contribution in [3.05, 3.63) is 48.0 Å². The Morgan fingerprint density at radius 3 is 2.48 bits per heavy atom. The van der Waals surface area contributed by atoms with Crippen molar-refractivity contribution >= 4 is 22.8 Å². The van der Waals surface area contributed by atoms with Crippen LogP contribution in [0.4, 0.5) is 5.82 Å². The number of Topliss-reactive ketones (excluding diaryl/α,β-unsaturated/α-hetero) is 1. The molecule has 4 N–H and O–H groups in total. The number of hydrogen-bond acceptors (Lipinski definition) is 9. The number of ether oxygens (including phenoxy) is 1. The van der Waals surface area contributed by atoms with Gasteiger partial charge >= 0.3 is 0 Å². The van der Waals surface area contributed by atoms with Crippen molar-refractivity contribution in [3.8, 4) is 0 Å². The molecule has 1 fully saturated rings. The summed E-state index contributed by atoms with van der Waals surface area (Å²) in [4.78, 5) is 27.2. The zero-order valence-electron chi connectivity index (χ0n) is 24.3. The molecule has 4 rings (SSSR count). The van der Waals surface area contributed by atoms with Gasteiger partial charge in [-0.05, 0) is 49.8 Å². The molecule has 0 amide bonds. The summed E-state index contributed by atoms with van der Waals surface area (Å²) in [5.74, 6) is 0.515. The Bertz CT molecular complexity index is 1270. The Kier molecular flexibility index (Phi) is 9.56. The van der Waals surface area contributed by atoms with Gasteiger partial charge in [0.25, 0.3) is 0 Å². The lowest BCUT2D eigenvalue weighted by Crippen LogP contribution is -2.43. The fraction of sp³-hybridized carbons (Fsp3) is 0.600. The molecule has 3 aromatic rings. The van der Waals surface area contributed by atoms with Crippen LogP contribution in [0.3, 0.4) is 0 Å². The number of nitrogen functional groups attached to an aromatic ring is 1. The molecule has 40 heavy (non-hydrogen) atoms.